The highest BCUT2D eigenvalue weighted by atomic mass is 16.5. The van der Waals surface area contributed by atoms with Gasteiger partial charge < -0.3 is 15.4 Å². The highest BCUT2D eigenvalue weighted by molar-refractivity contribution is 6.08. The smallest absolute Gasteiger partial charge is 0.257 e. The first-order valence-electron chi connectivity index (χ1n) is 6.89. The molecule has 1 amide bonds. The Hall–Kier alpha value is -2.56. The van der Waals surface area contributed by atoms with E-state index in [0.29, 0.717) is 17.1 Å². The van der Waals surface area contributed by atoms with Gasteiger partial charge >= 0.3 is 0 Å². The average Bonchev–Trinajstić information content (AvgIpc) is 2.53. The zero-order chi connectivity index (χ0) is 15.1. The number of hydrogen-bond acceptors (Lipinski definition) is 4. The molecule has 110 valence electrons. The summed E-state index contributed by atoms with van der Waals surface area (Å²) >= 11 is 0. The SMILES string of the molecule is CCCNc1ccccc1C(=O)Nc1cccnc1OC. The average molecular weight is 285 g/mol. The molecule has 0 bridgehead atoms. The first-order valence-corrected chi connectivity index (χ1v) is 6.89. The van der Waals surface area contributed by atoms with E-state index in [1.807, 2.05) is 18.2 Å². The van der Waals surface area contributed by atoms with Crippen LogP contribution in [0.2, 0.25) is 0 Å². The fraction of sp³-hybridized carbons (Fsp3) is 0.250. The Kier molecular flexibility index (Phi) is 5.15. The summed E-state index contributed by atoms with van der Waals surface area (Å²) in [4.78, 5) is 16.5. The molecule has 0 radical (unpaired) electrons. The lowest BCUT2D eigenvalue weighted by Crippen LogP contribution is -2.15. The molecule has 1 aromatic heterocycles. The lowest BCUT2D eigenvalue weighted by atomic mass is 10.1. The molecular weight excluding hydrogens is 266 g/mol. The van der Waals surface area contributed by atoms with E-state index in [4.69, 9.17) is 4.74 Å². The van der Waals surface area contributed by atoms with Gasteiger partial charge in [0.1, 0.15) is 5.69 Å². The molecule has 0 unspecified atom stereocenters. The standard InChI is InChI=1S/C16H19N3O2/c1-3-10-17-13-8-5-4-7-12(13)15(20)19-14-9-6-11-18-16(14)21-2/h4-9,11,17H,3,10H2,1-2H3,(H,19,20). The van der Waals surface area contributed by atoms with Crippen molar-refractivity contribution < 1.29 is 9.53 Å². The second-order valence-corrected chi connectivity index (χ2v) is 4.49. The van der Waals surface area contributed by atoms with Crippen molar-refractivity contribution in [2.45, 2.75) is 13.3 Å². The van der Waals surface area contributed by atoms with Crippen LogP contribution in [0.5, 0.6) is 5.88 Å². The Balaban J connectivity index is 2.20. The van der Waals surface area contributed by atoms with Crippen molar-refractivity contribution in [3.63, 3.8) is 0 Å². The third-order valence-corrected chi connectivity index (χ3v) is 2.95. The van der Waals surface area contributed by atoms with Crippen molar-refractivity contribution in [3.05, 3.63) is 48.2 Å². The quantitative estimate of drug-likeness (QED) is 0.855. The Morgan fingerprint density at radius 2 is 1.95 bits per heavy atom. The number of ether oxygens (including phenoxy) is 1. The Morgan fingerprint density at radius 3 is 2.71 bits per heavy atom. The molecule has 2 N–H and O–H groups in total. The summed E-state index contributed by atoms with van der Waals surface area (Å²) < 4.78 is 5.14. The van der Waals surface area contributed by atoms with Gasteiger partial charge in [0.15, 0.2) is 0 Å². The molecule has 0 saturated heterocycles. The highest BCUT2D eigenvalue weighted by Crippen LogP contribution is 2.22. The normalized spacial score (nSPS) is 10.0. The topological polar surface area (TPSA) is 63.2 Å². The third kappa shape index (κ3) is 3.72. The van der Waals surface area contributed by atoms with Gasteiger partial charge in [0, 0.05) is 18.4 Å². The number of pyridine rings is 1. The minimum atomic E-state index is -0.194. The minimum Gasteiger partial charge on any atom is -0.480 e. The molecule has 2 aromatic rings. The third-order valence-electron chi connectivity index (χ3n) is 2.95. The molecule has 5 nitrogen and oxygen atoms in total. The predicted molar refractivity (Wildman–Crippen MR) is 84.0 cm³/mol. The summed E-state index contributed by atoms with van der Waals surface area (Å²) in [5, 5.41) is 6.08. The number of carbonyl (C=O) groups excluding carboxylic acids is 1. The Labute approximate surface area is 124 Å². The number of hydrogen-bond donors (Lipinski definition) is 2. The zero-order valence-electron chi connectivity index (χ0n) is 12.2. The molecule has 21 heavy (non-hydrogen) atoms. The van der Waals surface area contributed by atoms with Crippen LogP contribution in [0.15, 0.2) is 42.6 Å². The van der Waals surface area contributed by atoms with E-state index in [0.717, 1.165) is 18.7 Å². The van der Waals surface area contributed by atoms with Gasteiger partial charge in [0.25, 0.3) is 5.91 Å². The summed E-state index contributed by atoms with van der Waals surface area (Å²) in [5.74, 6) is 0.199. The van der Waals surface area contributed by atoms with E-state index in [-0.39, 0.29) is 5.91 Å². The molecule has 5 heteroatoms. The molecule has 0 fully saturated rings. The van der Waals surface area contributed by atoms with E-state index in [1.54, 1.807) is 24.4 Å². The monoisotopic (exact) mass is 285 g/mol. The Bertz CT molecular complexity index is 614. The van der Waals surface area contributed by atoms with E-state index in [1.165, 1.54) is 7.11 Å². The minimum absolute atomic E-state index is 0.194. The summed E-state index contributed by atoms with van der Waals surface area (Å²) in [5.41, 5.74) is 1.96. The molecule has 0 atom stereocenters. The number of benzene rings is 1. The summed E-state index contributed by atoms with van der Waals surface area (Å²) in [6.07, 6.45) is 2.61. The molecule has 0 aliphatic rings. The van der Waals surface area contributed by atoms with Crippen LogP contribution in [0.4, 0.5) is 11.4 Å². The number of nitrogens with one attached hydrogen (secondary N) is 2. The predicted octanol–water partition coefficient (Wildman–Crippen LogP) is 3.16. The number of rotatable bonds is 6. The molecule has 2 rings (SSSR count). The summed E-state index contributed by atoms with van der Waals surface area (Å²) in [7, 11) is 1.52. The van der Waals surface area contributed by atoms with Crippen molar-refractivity contribution in [1.82, 2.24) is 4.98 Å². The fourth-order valence-corrected chi connectivity index (χ4v) is 1.93. The molecular formula is C16H19N3O2. The van der Waals surface area contributed by atoms with Crippen LogP contribution in [0.25, 0.3) is 0 Å². The lowest BCUT2D eigenvalue weighted by molar-refractivity contribution is 0.102. The fourth-order valence-electron chi connectivity index (χ4n) is 1.93. The number of nitrogens with zero attached hydrogens (tertiary/aromatic N) is 1. The second kappa shape index (κ2) is 7.28. The van der Waals surface area contributed by atoms with Gasteiger partial charge in [-0.05, 0) is 30.7 Å². The van der Waals surface area contributed by atoms with Crippen LogP contribution in [-0.4, -0.2) is 24.5 Å². The summed E-state index contributed by atoms with van der Waals surface area (Å²) in [6.45, 7) is 2.90. The molecule has 1 aromatic carbocycles. The van der Waals surface area contributed by atoms with E-state index in [9.17, 15) is 4.79 Å². The molecule has 0 spiro atoms. The molecule has 1 heterocycles. The van der Waals surface area contributed by atoms with Gasteiger partial charge in [-0.3, -0.25) is 4.79 Å². The first kappa shape index (κ1) is 14.8. The van der Waals surface area contributed by atoms with E-state index >= 15 is 0 Å². The largest absolute Gasteiger partial charge is 0.480 e. The highest BCUT2D eigenvalue weighted by Gasteiger charge is 2.13. The van der Waals surface area contributed by atoms with Crippen LogP contribution in [0.3, 0.4) is 0 Å². The van der Waals surface area contributed by atoms with Gasteiger partial charge in [0.2, 0.25) is 5.88 Å². The van der Waals surface area contributed by atoms with Crippen LogP contribution in [-0.2, 0) is 0 Å². The van der Waals surface area contributed by atoms with Crippen molar-refractivity contribution in [1.29, 1.82) is 0 Å². The molecule has 0 saturated carbocycles. The maximum Gasteiger partial charge on any atom is 0.257 e. The van der Waals surface area contributed by atoms with Gasteiger partial charge in [-0.25, -0.2) is 4.98 Å². The van der Waals surface area contributed by atoms with Gasteiger partial charge in [0.05, 0.1) is 12.7 Å². The lowest BCUT2D eigenvalue weighted by Gasteiger charge is -2.12. The van der Waals surface area contributed by atoms with Gasteiger partial charge in [-0.2, -0.15) is 0 Å². The maximum atomic E-state index is 12.4. The van der Waals surface area contributed by atoms with Crippen LogP contribution >= 0.6 is 0 Å². The number of para-hydroxylation sites is 1. The Morgan fingerprint density at radius 1 is 1.19 bits per heavy atom. The van der Waals surface area contributed by atoms with E-state index < -0.39 is 0 Å². The number of amides is 1. The molecule has 0 aliphatic carbocycles. The van der Waals surface area contributed by atoms with Crippen molar-refractivity contribution in [2.24, 2.45) is 0 Å². The van der Waals surface area contributed by atoms with Crippen molar-refractivity contribution >= 4 is 17.3 Å². The second-order valence-electron chi connectivity index (χ2n) is 4.49. The number of aromatic nitrogens is 1. The number of methoxy groups -OCH3 is 1. The van der Waals surface area contributed by atoms with Crippen molar-refractivity contribution in [3.8, 4) is 5.88 Å². The number of anilines is 2. The van der Waals surface area contributed by atoms with E-state index in [2.05, 4.69) is 22.5 Å². The maximum absolute atomic E-state index is 12.4. The molecule has 0 aliphatic heterocycles. The van der Waals surface area contributed by atoms with Crippen LogP contribution in [0.1, 0.15) is 23.7 Å². The van der Waals surface area contributed by atoms with Gasteiger partial charge in [-0.1, -0.05) is 19.1 Å². The van der Waals surface area contributed by atoms with Gasteiger partial charge in [-0.15, -0.1) is 0 Å². The van der Waals surface area contributed by atoms with Crippen LogP contribution in [0, 0.1) is 0 Å². The van der Waals surface area contributed by atoms with Crippen molar-refractivity contribution in [2.75, 3.05) is 24.3 Å². The summed E-state index contributed by atoms with van der Waals surface area (Å²) in [6, 6.07) is 10.9. The van der Waals surface area contributed by atoms with Crippen LogP contribution < -0.4 is 15.4 Å². The first-order chi connectivity index (χ1) is 10.3. The number of carbonyl (C=O) groups is 1. The zero-order valence-corrected chi connectivity index (χ0v) is 12.2.